The molecule has 0 aliphatic heterocycles. The van der Waals surface area contributed by atoms with E-state index in [-0.39, 0.29) is 37.7 Å². The second-order valence-electron chi connectivity index (χ2n) is 0.769. The molecule has 0 aromatic rings. The zero-order valence-electron chi connectivity index (χ0n) is 4.79. The summed E-state index contributed by atoms with van der Waals surface area (Å²) in [4.78, 5) is 17.3. The van der Waals surface area contributed by atoms with Crippen LogP contribution >= 0.6 is 0 Å². The molecule has 48 valence electrons. The molecule has 0 radical (unpaired) electrons. The van der Waals surface area contributed by atoms with Gasteiger partial charge in [0.2, 0.25) is 0 Å². The van der Waals surface area contributed by atoms with Gasteiger partial charge in [-0.3, -0.25) is 4.79 Å². The number of hydrogen-bond acceptors (Lipinski definition) is 4. The minimum Gasteiger partial charge on any atom is -0.652 e. The molecule has 5 nitrogen and oxygen atoms in total. The van der Waals surface area contributed by atoms with E-state index in [1.54, 1.807) is 0 Å². The predicted octanol–water partition coefficient (Wildman–Crippen LogP) is -2.74. The van der Waals surface area contributed by atoms with Crippen LogP contribution in [0.25, 0.3) is 0 Å². The molecule has 0 aliphatic carbocycles. The molecule has 0 rings (SSSR count). The average Bonchev–Trinajstić information content (AvgIpc) is 1.25. The van der Waals surface area contributed by atoms with E-state index in [4.69, 9.17) is 24.9 Å². The van der Waals surface area contributed by atoms with Crippen LogP contribution in [0, 0.1) is 0 Å². The molecule has 9 heavy (non-hydrogen) atoms. The minimum absolute atomic E-state index is 0. The first-order valence-electron chi connectivity index (χ1n) is 1.54. The molecule has 0 bridgehead atoms. The first kappa shape index (κ1) is 16.0. The monoisotopic (exact) mass is 160 g/mol. The van der Waals surface area contributed by atoms with Crippen molar-refractivity contribution in [3.63, 3.8) is 0 Å². The van der Waals surface area contributed by atoms with E-state index < -0.39 is 12.1 Å². The Morgan fingerprint density at radius 1 is 1.33 bits per heavy atom. The molecular weight excluding hydrogens is 156 g/mol. The topological polar surface area (TPSA) is 100 Å². The van der Waals surface area contributed by atoms with Gasteiger partial charge in [0.15, 0.2) is 0 Å². The summed E-state index contributed by atoms with van der Waals surface area (Å²) in [6.07, 6.45) is -2.33. The molecular formula is C3H4CaO5. The van der Waals surface area contributed by atoms with Crippen LogP contribution in [0.15, 0.2) is 0 Å². The summed E-state index contributed by atoms with van der Waals surface area (Å²) in [5.41, 5.74) is 0. The van der Waals surface area contributed by atoms with Crippen molar-refractivity contribution >= 4 is 49.9 Å². The summed E-state index contributed by atoms with van der Waals surface area (Å²) in [6, 6.07) is 0. The molecule has 6 heteroatoms. The average molecular weight is 160 g/mol. The number of carboxylic acid groups (broad SMARTS) is 3. The predicted molar refractivity (Wildman–Crippen MR) is 24.5 cm³/mol. The summed E-state index contributed by atoms with van der Waals surface area (Å²) in [5, 5.41) is 24.1. The van der Waals surface area contributed by atoms with E-state index in [2.05, 4.69) is 0 Å². The Morgan fingerprint density at radius 3 is 1.33 bits per heavy atom. The van der Waals surface area contributed by atoms with E-state index >= 15 is 0 Å². The fourth-order valence-corrected chi connectivity index (χ4v) is 0. The Morgan fingerprint density at radius 2 is 1.33 bits per heavy atom. The quantitative estimate of drug-likeness (QED) is 0.387. The third-order valence-corrected chi connectivity index (χ3v) is 0. The third-order valence-electron chi connectivity index (χ3n) is 0. The normalized spacial score (nSPS) is 5.44. The van der Waals surface area contributed by atoms with Gasteiger partial charge in [-0.15, -0.1) is 0 Å². The molecule has 0 aromatic heterocycles. The van der Waals surface area contributed by atoms with Crippen molar-refractivity contribution in [3.8, 4) is 0 Å². The van der Waals surface area contributed by atoms with Crippen LogP contribution < -0.4 is 10.2 Å². The number of rotatable bonds is 0. The Hall–Kier alpha value is -0.000260. The SMILES string of the molecule is CC(=O)O.O=C([O-])[O-].[Ca+2]. The maximum absolute atomic E-state index is 9.00. The van der Waals surface area contributed by atoms with Gasteiger partial charge in [-0.2, -0.15) is 0 Å². The second-order valence-corrected chi connectivity index (χ2v) is 0.769. The zero-order chi connectivity index (χ0) is 7.15. The van der Waals surface area contributed by atoms with Crippen LogP contribution in [0.4, 0.5) is 4.79 Å². The van der Waals surface area contributed by atoms with Crippen molar-refractivity contribution in [2.24, 2.45) is 0 Å². The van der Waals surface area contributed by atoms with Crippen molar-refractivity contribution < 1.29 is 24.9 Å². The Bertz CT molecular complexity index is 70.2. The van der Waals surface area contributed by atoms with E-state index in [1.165, 1.54) is 0 Å². The molecule has 1 N–H and O–H groups in total. The largest absolute Gasteiger partial charge is 2.00 e. The summed E-state index contributed by atoms with van der Waals surface area (Å²) >= 11 is 0. The van der Waals surface area contributed by atoms with E-state index in [0.717, 1.165) is 6.92 Å². The molecule has 0 atom stereocenters. The number of hydrogen-bond donors (Lipinski definition) is 1. The van der Waals surface area contributed by atoms with Gasteiger partial charge in [0.1, 0.15) is 0 Å². The van der Waals surface area contributed by atoms with E-state index in [9.17, 15) is 0 Å². The standard InChI is InChI=1S/C2H4O2.CH2O3.Ca/c1-2(3)4;2-1(3)4;/h1H3,(H,3,4);(H2,2,3,4);/q;;+2/p-2. The third kappa shape index (κ3) is 4270000000. The molecule has 0 saturated heterocycles. The summed E-state index contributed by atoms with van der Waals surface area (Å²) < 4.78 is 0. The van der Waals surface area contributed by atoms with Gasteiger partial charge in [-0.1, -0.05) is 0 Å². The van der Waals surface area contributed by atoms with Gasteiger partial charge < -0.3 is 20.1 Å². The van der Waals surface area contributed by atoms with Gasteiger partial charge in [0.25, 0.3) is 5.97 Å². The summed E-state index contributed by atoms with van der Waals surface area (Å²) in [7, 11) is 0. The first-order valence-corrected chi connectivity index (χ1v) is 1.54. The van der Waals surface area contributed by atoms with Gasteiger partial charge >= 0.3 is 37.7 Å². The first-order chi connectivity index (χ1) is 3.46. The minimum atomic E-state index is -2.33. The van der Waals surface area contributed by atoms with Crippen LogP contribution in [-0.4, -0.2) is 55.0 Å². The Labute approximate surface area is 81.3 Å². The van der Waals surface area contributed by atoms with Crippen LogP contribution in [0.2, 0.25) is 0 Å². The maximum Gasteiger partial charge on any atom is 2.00 e. The Balaban J connectivity index is -0.0000000720. The maximum atomic E-state index is 9.00. The molecule has 0 saturated carbocycles. The molecule has 0 aliphatic rings. The zero-order valence-corrected chi connectivity index (χ0v) is 7.00. The molecule has 0 unspecified atom stereocenters. The number of carbonyl (C=O) groups excluding carboxylic acids is 1. The summed E-state index contributed by atoms with van der Waals surface area (Å²) in [5.74, 6) is -0.833. The number of aliphatic carboxylic acids is 1. The van der Waals surface area contributed by atoms with Gasteiger partial charge in [-0.25, -0.2) is 0 Å². The molecule has 0 aromatic carbocycles. The molecule has 0 fully saturated rings. The second kappa shape index (κ2) is 10.9. The van der Waals surface area contributed by atoms with Crippen LogP contribution in [-0.2, 0) is 4.79 Å². The molecule has 0 heterocycles. The smallest absolute Gasteiger partial charge is 0.652 e. The van der Waals surface area contributed by atoms with Crippen molar-refractivity contribution in [1.29, 1.82) is 0 Å². The van der Waals surface area contributed by atoms with Gasteiger partial charge in [0, 0.05) is 6.92 Å². The fraction of sp³-hybridized carbons (Fsp3) is 0.333. The molecule has 0 amide bonds. The number of carboxylic acids is 1. The Kier molecular flexibility index (Phi) is 19.4. The van der Waals surface area contributed by atoms with Crippen LogP contribution in [0.1, 0.15) is 6.92 Å². The fourth-order valence-electron chi connectivity index (χ4n) is 0. The molecule has 0 spiro atoms. The van der Waals surface area contributed by atoms with Crippen LogP contribution in [0.5, 0.6) is 0 Å². The van der Waals surface area contributed by atoms with Gasteiger partial charge in [0.05, 0.1) is 0 Å². The van der Waals surface area contributed by atoms with Crippen molar-refractivity contribution in [2.75, 3.05) is 0 Å². The van der Waals surface area contributed by atoms with E-state index in [0.29, 0.717) is 0 Å². The van der Waals surface area contributed by atoms with Crippen LogP contribution in [0.3, 0.4) is 0 Å². The van der Waals surface area contributed by atoms with E-state index in [1.807, 2.05) is 0 Å². The van der Waals surface area contributed by atoms with Crippen molar-refractivity contribution in [1.82, 2.24) is 0 Å². The number of carbonyl (C=O) groups is 2. The van der Waals surface area contributed by atoms with Gasteiger partial charge in [-0.05, 0) is 6.16 Å². The van der Waals surface area contributed by atoms with Crippen molar-refractivity contribution in [2.45, 2.75) is 6.92 Å². The van der Waals surface area contributed by atoms with Crippen molar-refractivity contribution in [3.05, 3.63) is 0 Å². The summed E-state index contributed by atoms with van der Waals surface area (Å²) in [6.45, 7) is 1.08.